The summed E-state index contributed by atoms with van der Waals surface area (Å²) in [6.45, 7) is 7.41. The predicted molar refractivity (Wildman–Crippen MR) is 159 cm³/mol. The van der Waals surface area contributed by atoms with Gasteiger partial charge in [0.25, 0.3) is 5.91 Å². The van der Waals surface area contributed by atoms with E-state index in [1.807, 2.05) is 30.3 Å². The van der Waals surface area contributed by atoms with E-state index in [0.717, 1.165) is 5.56 Å². The number of carbonyl (C=O) groups excluding carboxylic acids is 5. The number of hydrogen-bond donors (Lipinski definition) is 3. The molecule has 0 spiro atoms. The smallest absolute Gasteiger partial charge is 0.310 e. The number of carbonyl (C=O) groups is 5. The lowest BCUT2D eigenvalue weighted by Gasteiger charge is -2.28. The molecule has 12 heteroatoms. The SMILES string of the molecule is C[C@H](NC(=O)c1ccc(NC(=O)C(C)(C)C)c(Cl)c1)C(=O)N1CCC[C@H]1C(=O)N[C@H]1CC(=O)OC1OCc1ccccc1. The molecule has 1 unspecified atom stereocenters. The van der Waals surface area contributed by atoms with Crippen molar-refractivity contribution < 1.29 is 33.4 Å². The lowest BCUT2D eigenvalue weighted by Crippen LogP contribution is -2.54. The van der Waals surface area contributed by atoms with Crippen molar-refractivity contribution in [1.82, 2.24) is 15.5 Å². The van der Waals surface area contributed by atoms with E-state index in [2.05, 4.69) is 16.0 Å². The normalized spacial score (nSPS) is 20.7. The number of esters is 1. The summed E-state index contributed by atoms with van der Waals surface area (Å²) in [4.78, 5) is 65.2. The van der Waals surface area contributed by atoms with Gasteiger partial charge in [0.15, 0.2) is 0 Å². The average molecular weight is 613 g/mol. The van der Waals surface area contributed by atoms with Crippen LogP contribution >= 0.6 is 11.6 Å². The van der Waals surface area contributed by atoms with Gasteiger partial charge in [0, 0.05) is 17.5 Å². The van der Waals surface area contributed by atoms with E-state index < -0.39 is 53.5 Å². The van der Waals surface area contributed by atoms with Crippen molar-refractivity contribution in [1.29, 1.82) is 0 Å². The van der Waals surface area contributed by atoms with Crippen LogP contribution in [0.1, 0.15) is 62.9 Å². The van der Waals surface area contributed by atoms with Crippen LogP contribution in [0.2, 0.25) is 5.02 Å². The highest BCUT2D eigenvalue weighted by molar-refractivity contribution is 6.34. The Hall–Kier alpha value is -3.96. The third kappa shape index (κ3) is 8.11. The van der Waals surface area contributed by atoms with Crippen LogP contribution in [0.3, 0.4) is 0 Å². The molecular weight excluding hydrogens is 576 g/mol. The van der Waals surface area contributed by atoms with E-state index in [0.29, 0.717) is 25.1 Å². The third-order valence-electron chi connectivity index (χ3n) is 7.26. The Kier molecular flexibility index (Phi) is 10.1. The zero-order valence-corrected chi connectivity index (χ0v) is 25.4. The number of anilines is 1. The van der Waals surface area contributed by atoms with Gasteiger partial charge in [0.2, 0.25) is 24.0 Å². The van der Waals surface area contributed by atoms with Crippen LogP contribution in [0.25, 0.3) is 0 Å². The molecule has 0 bridgehead atoms. The molecule has 0 radical (unpaired) electrons. The molecule has 0 aliphatic carbocycles. The molecule has 230 valence electrons. The molecule has 2 fully saturated rings. The highest BCUT2D eigenvalue weighted by Crippen LogP contribution is 2.26. The fourth-order valence-electron chi connectivity index (χ4n) is 4.80. The Balaban J connectivity index is 1.33. The second kappa shape index (κ2) is 13.6. The highest BCUT2D eigenvalue weighted by atomic mass is 35.5. The van der Waals surface area contributed by atoms with Crippen LogP contribution in [0.4, 0.5) is 5.69 Å². The predicted octanol–water partition coefficient (Wildman–Crippen LogP) is 3.41. The van der Waals surface area contributed by atoms with Crippen molar-refractivity contribution in [2.24, 2.45) is 5.41 Å². The van der Waals surface area contributed by atoms with Crippen molar-refractivity contribution in [3.63, 3.8) is 0 Å². The highest BCUT2D eigenvalue weighted by Gasteiger charge is 2.41. The number of cyclic esters (lactones) is 1. The van der Waals surface area contributed by atoms with Gasteiger partial charge >= 0.3 is 5.97 Å². The van der Waals surface area contributed by atoms with Crippen LogP contribution in [-0.2, 0) is 35.3 Å². The second-order valence-electron chi connectivity index (χ2n) is 11.8. The zero-order chi connectivity index (χ0) is 31.3. The number of hydrogen-bond acceptors (Lipinski definition) is 7. The second-order valence-corrected chi connectivity index (χ2v) is 12.2. The first-order valence-corrected chi connectivity index (χ1v) is 14.6. The lowest BCUT2D eigenvalue weighted by atomic mass is 9.95. The molecule has 4 atom stereocenters. The molecule has 0 saturated carbocycles. The molecule has 4 amide bonds. The molecule has 4 rings (SSSR count). The van der Waals surface area contributed by atoms with Crippen LogP contribution in [0.15, 0.2) is 48.5 Å². The molecule has 2 saturated heterocycles. The molecule has 2 heterocycles. The van der Waals surface area contributed by atoms with Gasteiger partial charge in [-0.05, 0) is 43.5 Å². The van der Waals surface area contributed by atoms with Crippen LogP contribution in [0, 0.1) is 5.41 Å². The van der Waals surface area contributed by atoms with Crippen molar-refractivity contribution >= 4 is 46.9 Å². The first-order valence-electron chi connectivity index (χ1n) is 14.2. The summed E-state index contributed by atoms with van der Waals surface area (Å²) < 4.78 is 11.0. The fourth-order valence-corrected chi connectivity index (χ4v) is 5.03. The van der Waals surface area contributed by atoms with Gasteiger partial charge < -0.3 is 30.3 Å². The Labute approximate surface area is 255 Å². The summed E-state index contributed by atoms with van der Waals surface area (Å²) in [6, 6.07) is 11.4. The average Bonchev–Trinajstić information content (AvgIpc) is 3.59. The van der Waals surface area contributed by atoms with E-state index in [1.54, 1.807) is 27.7 Å². The quantitative estimate of drug-likeness (QED) is 0.368. The minimum absolute atomic E-state index is 0.0421. The number of ether oxygens (including phenoxy) is 2. The summed E-state index contributed by atoms with van der Waals surface area (Å²) in [5.41, 5.74) is 0.848. The molecule has 43 heavy (non-hydrogen) atoms. The van der Waals surface area contributed by atoms with Gasteiger partial charge in [-0.15, -0.1) is 0 Å². The molecule has 2 aliphatic rings. The van der Waals surface area contributed by atoms with Crippen molar-refractivity contribution in [2.75, 3.05) is 11.9 Å². The number of amides is 4. The minimum atomic E-state index is -0.944. The number of nitrogens with zero attached hydrogens (tertiary/aromatic N) is 1. The number of rotatable bonds is 9. The third-order valence-corrected chi connectivity index (χ3v) is 7.58. The molecule has 2 aliphatic heterocycles. The maximum atomic E-state index is 13.3. The van der Waals surface area contributed by atoms with Gasteiger partial charge in [0.05, 0.1) is 23.7 Å². The number of halogens is 1. The molecule has 11 nitrogen and oxygen atoms in total. The van der Waals surface area contributed by atoms with E-state index >= 15 is 0 Å². The maximum absolute atomic E-state index is 13.3. The number of likely N-dealkylation sites (tertiary alicyclic amines) is 1. The van der Waals surface area contributed by atoms with Crippen LogP contribution in [-0.4, -0.2) is 65.5 Å². The number of benzene rings is 2. The summed E-state index contributed by atoms with van der Waals surface area (Å²) in [5, 5.41) is 8.42. The summed E-state index contributed by atoms with van der Waals surface area (Å²) in [5.74, 6) is -2.07. The summed E-state index contributed by atoms with van der Waals surface area (Å²) in [6.07, 6.45) is 0.0580. The van der Waals surface area contributed by atoms with Gasteiger partial charge in [0.1, 0.15) is 18.1 Å². The first kappa shape index (κ1) is 32.0. The van der Waals surface area contributed by atoms with Gasteiger partial charge in [-0.2, -0.15) is 0 Å². The van der Waals surface area contributed by atoms with Gasteiger partial charge in [-0.25, -0.2) is 0 Å². The standard InChI is InChI=1S/C31H37ClN4O7/c1-18(33-26(38)20-12-13-22(21(32)15-20)35-30(41)31(2,3)4)28(40)36-14-8-11-24(36)27(39)34-23-16-25(37)43-29(23)42-17-19-9-6-5-7-10-19/h5-7,9-10,12-13,15,18,23-24,29H,8,11,14,16-17H2,1-4H3,(H,33,38)(H,34,39)(H,35,41)/t18-,23-,24-,29?/m0/s1. The molecule has 0 aromatic heterocycles. The van der Waals surface area contributed by atoms with E-state index in [1.165, 1.54) is 23.1 Å². The fraction of sp³-hybridized carbons (Fsp3) is 0.452. The Morgan fingerprint density at radius 3 is 2.51 bits per heavy atom. The Morgan fingerprint density at radius 1 is 1.12 bits per heavy atom. The molecule has 2 aromatic rings. The van der Waals surface area contributed by atoms with E-state index in [9.17, 15) is 24.0 Å². The Morgan fingerprint density at radius 2 is 1.84 bits per heavy atom. The van der Waals surface area contributed by atoms with Gasteiger partial charge in [-0.1, -0.05) is 62.7 Å². The summed E-state index contributed by atoms with van der Waals surface area (Å²) >= 11 is 6.31. The maximum Gasteiger partial charge on any atom is 0.310 e. The van der Waals surface area contributed by atoms with Gasteiger partial charge in [-0.3, -0.25) is 24.0 Å². The van der Waals surface area contributed by atoms with Crippen molar-refractivity contribution in [3.05, 3.63) is 64.7 Å². The monoisotopic (exact) mass is 612 g/mol. The largest absolute Gasteiger partial charge is 0.433 e. The van der Waals surface area contributed by atoms with Crippen molar-refractivity contribution in [3.8, 4) is 0 Å². The molecular formula is C31H37ClN4O7. The Bertz CT molecular complexity index is 1380. The first-order chi connectivity index (χ1) is 20.3. The number of nitrogens with one attached hydrogen (secondary N) is 3. The summed E-state index contributed by atoms with van der Waals surface area (Å²) in [7, 11) is 0. The van der Waals surface area contributed by atoms with Crippen LogP contribution in [0.5, 0.6) is 0 Å². The molecule has 3 N–H and O–H groups in total. The topological polar surface area (TPSA) is 143 Å². The van der Waals surface area contributed by atoms with E-state index in [-0.39, 0.29) is 29.5 Å². The lowest BCUT2D eigenvalue weighted by molar-refractivity contribution is -0.168. The van der Waals surface area contributed by atoms with Crippen molar-refractivity contribution in [2.45, 2.75) is 78.0 Å². The zero-order valence-electron chi connectivity index (χ0n) is 24.6. The molecule has 2 aromatic carbocycles. The van der Waals surface area contributed by atoms with Crippen LogP contribution < -0.4 is 16.0 Å². The van der Waals surface area contributed by atoms with E-state index in [4.69, 9.17) is 21.1 Å². The minimum Gasteiger partial charge on any atom is -0.433 e.